The first-order chi connectivity index (χ1) is 10.9. The van der Waals surface area contributed by atoms with Crippen LogP contribution in [0, 0.1) is 11.3 Å². The van der Waals surface area contributed by atoms with Crippen LogP contribution in [0.5, 0.6) is 0 Å². The fourth-order valence-electron chi connectivity index (χ4n) is 2.50. The number of nitriles is 1. The van der Waals surface area contributed by atoms with Gasteiger partial charge in [0.15, 0.2) is 0 Å². The molecule has 0 spiro atoms. The van der Waals surface area contributed by atoms with Crippen molar-refractivity contribution in [3.63, 3.8) is 0 Å². The third kappa shape index (κ3) is 8.02. The Morgan fingerprint density at radius 1 is 1.12 bits per heavy atom. The number of hydrogen-bond donors (Lipinski definition) is 1. The summed E-state index contributed by atoms with van der Waals surface area (Å²) in [5, 5.41) is 13.0. The monoisotopic (exact) mass is 353 g/mol. The minimum Gasteiger partial charge on any atom is -0.383 e. The van der Waals surface area contributed by atoms with Gasteiger partial charge in [0.25, 0.3) is 5.91 Å². The molecule has 0 aromatic heterocycles. The smallest absolute Gasteiger partial charge is 0.254 e. The topological polar surface area (TPSA) is 71.7 Å². The standard InChI is InChI=1S/C17H27N5O.ClH/c1-21(2)12-14-8-6-5-7-9-15(13-22(3)4)17(14)20-19-16(23)10-11-18;/h12-13H,5-10H2,1-4H3,(H,19,23);1H/b14-12+,15-13+;. The molecule has 1 amide bonds. The summed E-state index contributed by atoms with van der Waals surface area (Å²) >= 11 is 0. The molecular formula is C17H28ClN5O. The third-order valence-electron chi connectivity index (χ3n) is 3.36. The molecule has 1 fully saturated rings. The second kappa shape index (κ2) is 11.5. The van der Waals surface area contributed by atoms with E-state index in [9.17, 15) is 4.79 Å². The van der Waals surface area contributed by atoms with Crippen molar-refractivity contribution in [1.82, 2.24) is 15.2 Å². The number of hydrazone groups is 1. The summed E-state index contributed by atoms with van der Waals surface area (Å²) in [7, 11) is 7.92. The Balaban J connectivity index is 0.00000529. The average Bonchev–Trinajstić information content (AvgIpc) is 2.43. The van der Waals surface area contributed by atoms with Crippen LogP contribution < -0.4 is 5.43 Å². The zero-order valence-corrected chi connectivity index (χ0v) is 15.8. The highest BCUT2D eigenvalue weighted by Crippen LogP contribution is 2.24. The molecule has 0 bridgehead atoms. The maximum atomic E-state index is 11.6. The van der Waals surface area contributed by atoms with E-state index in [0.29, 0.717) is 0 Å². The molecular weight excluding hydrogens is 326 g/mol. The van der Waals surface area contributed by atoms with Gasteiger partial charge in [0, 0.05) is 40.6 Å². The molecule has 6 nitrogen and oxygen atoms in total. The lowest BCUT2D eigenvalue weighted by atomic mass is 9.91. The first-order valence-corrected chi connectivity index (χ1v) is 7.92. The second-order valence-electron chi connectivity index (χ2n) is 6.13. The molecule has 0 heterocycles. The summed E-state index contributed by atoms with van der Waals surface area (Å²) in [6.45, 7) is 0. The Morgan fingerprint density at radius 3 is 2.04 bits per heavy atom. The van der Waals surface area contributed by atoms with Crippen LogP contribution in [0.3, 0.4) is 0 Å². The third-order valence-corrected chi connectivity index (χ3v) is 3.36. The van der Waals surface area contributed by atoms with E-state index in [1.165, 1.54) is 6.42 Å². The van der Waals surface area contributed by atoms with Gasteiger partial charge in [-0.3, -0.25) is 4.79 Å². The molecule has 24 heavy (non-hydrogen) atoms. The van der Waals surface area contributed by atoms with Gasteiger partial charge in [-0.25, -0.2) is 5.43 Å². The minimum absolute atomic E-state index is 0. The summed E-state index contributed by atoms with van der Waals surface area (Å²) in [5.74, 6) is -0.379. The van der Waals surface area contributed by atoms with Gasteiger partial charge < -0.3 is 9.80 Å². The van der Waals surface area contributed by atoms with E-state index in [1.807, 2.05) is 44.1 Å². The van der Waals surface area contributed by atoms with Crippen molar-refractivity contribution in [3.8, 4) is 6.07 Å². The Morgan fingerprint density at radius 2 is 1.62 bits per heavy atom. The SMILES string of the molecule is CN(C)/C=C1\CCCCC/C(=C\N(C)C)C1=NNC(=O)CC#N.Cl. The predicted octanol–water partition coefficient (Wildman–Crippen LogP) is 2.65. The summed E-state index contributed by atoms with van der Waals surface area (Å²) in [4.78, 5) is 15.6. The molecule has 1 N–H and O–H groups in total. The van der Waals surface area contributed by atoms with Crippen molar-refractivity contribution >= 4 is 24.0 Å². The number of hydrogen-bond acceptors (Lipinski definition) is 5. The van der Waals surface area contributed by atoms with E-state index in [4.69, 9.17) is 5.26 Å². The largest absolute Gasteiger partial charge is 0.383 e. The Hall–Kier alpha value is -2.00. The van der Waals surface area contributed by atoms with Crippen molar-refractivity contribution in [2.45, 2.75) is 38.5 Å². The van der Waals surface area contributed by atoms with Gasteiger partial charge in [0.05, 0.1) is 11.8 Å². The summed E-state index contributed by atoms with van der Waals surface area (Å²) in [5.41, 5.74) is 5.56. The Bertz CT molecular complexity index is 514. The van der Waals surface area contributed by atoms with E-state index in [0.717, 1.165) is 42.5 Å². The molecule has 0 unspecified atom stereocenters. The van der Waals surface area contributed by atoms with Crippen LogP contribution in [0.4, 0.5) is 0 Å². The van der Waals surface area contributed by atoms with Crippen LogP contribution in [0.2, 0.25) is 0 Å². The van der Waals surface area contributed by atoms with Crippen LogP contribution in [-0.2, 0) is 4.79 Å². The predicted molar refractivity (Wildman–Crippen MR) is 99.7 cm³/mol. The molecule has 0 saturated heterocycles. The maximum Gasteiger partial charge on any atom is 0.254 e. The molecule has 0 aliphatic heterocycles. The number of halogens is 1. The number of nitrogens with one attached hydrogen (secondary N) is 1. The lowest BCUT2D eigenvalue weighted by Gasteiger charge is -2.21. The van der Waals surface area contributed by atoms with Crippen molar-refractivity contribution in [3.05, 3.63) is 23.5 Å². The Kier molecular flexibility index (Phi) is 10.6. The van der Waals surface area contributed by atoms with E-state index in [-0.39, 0.29) is 24.7 Å². The lowest BCUT2D eigenvalue weighted by molar-refractivity contribution is -0.120. The fourth-order valence-corrected chi connectivity index (χ4v) is 2.50. The lowest BCUT2D eigenvalue weighted by Crippen LogP contribution is -2.23. The van der Waals surface area contributed by atoms with E-state index < -0.39 is 0 Å². The zero-order chi connectivity index (χ0) is 17.2. The van der Waals surface area contributed by atoms with Gasteiger partial charge >= 0.3 is 0 Å². The molecule has 1 rings (SSSR count). The highest BCUT2D eigenvalue weighted by atomic mass is 35.5. The van der Waals surface area contributed by atoms with Crippen molar-refractivity contribution in [2.75, 3.05) is 28.2 Å². The zero-order valence-electron chi connectivity index (χ0n) is 15.0. The van der Waals surface area contributed by atoms with Gasteiger partial charge in [0.2, 0.25) is 0 Å². The number of allylic oxidation sites excluding steroid dienone is 2. The molecule has 1 aliphatic carbocycles. The van der Waals surface area contributed by atoms with Crippen LogP contribution in [0.1, 0.15) is 38.5 Å². The summed E-state index contributed by atoms with van der Waals surface area (Å²) in [6, 6.07) is 1.84. The van der Waals surface area contributed by atoms with Crippen molar-refractivity contribution in [2.24, 2.45) is 5.10 Å². The second-order valence-corrected chi connectivity index (χ2v) is 6.13. The van der Waals surface area contributed by atoms with Gasteiger partial charge in [-0.15, -0.1) is 12.4 Å². The molecule has 0 atom stereocenters. The van der Waals surface area contributed by atoms with Gasteiger partial charge in [0.1, 0.15) is 6.42 Å². The minimum atomic E-state index is -0.379. The normalized spacial score (nSPS) is 18.0. The Labute approximate surface area is 151 Å². The highest BCUT2D eigenvalue weighted by molar-refractivity contribution is 6.12. The van der Waals surface area contributed by atoms with Crippen LogP contribution in [0.15, 0.2) is 28.6 Å². The van der Waals surface area contributed by atoms with Gasteiger partial charge in [-0.2, -0.15) is 10.4 Å². The number of amides is 1. The van der Waals surface area contributed by atoms with Crippen molar-refractivity contribution < 1.29 is 4.79 Å². The number of nitrogens with zero attached hydrogens (tertiary/aromatic N) is 4. The molecule has 0 aromatic carbocycles. The average molecular weight is 354 g/mol. The quantitative estimate of drug-likeness (QED) is 0.789. The number of carbonyl (C=O) groups excluding carboxylic acids is 1. The van der Waals surface area contributed by atoms with Crippen LogP contribution in [-0.4, -0.2) is 49.6 Å². The first kappa shape index (κ1) is 22.0. The molecule has 0 radical (unpaired) electrons. The van der Waals surface area contributed by atoms with E-state index >= 15 is 0 Å². The molecule has 7 heteroatoms. The van der Waals surface area contributed by atoms with Gasteiger partial charge in [-0.05, 0) is 36.8 Å². The molecule has 1 saturated carbocycles. The fraction of sp³-hybridized carbons (Fsp3) is 0.588. The van der Waals surface area contributed by atoms with Crippen molar-refractivity contribution in [1.29, 1.82) is 5.26 Å². The number of carbonyl (C=O) groups is 1. The van der Waals surface area contributed by atoms with E-state index in [2.05, 4.69) is 22.9 Å². The highest BCUT2D eigenvalue weighted by Gasteiger charge is 2.17. The molecule has 0 aromatic rings. The van der Waals surface area contributed by atoms with E-state index in [1.54, 1.807) is 0 Å². The number of rotatable bonds is 4. The molecule has 1 aliphatic rings. The first-order valence-electron chi connectivity index (χ1n) is 7.92. The summed E-state index contributed by atoms with van der Waals surface area (Å²) in [6.07, 6.45) is 9.19. The van der Waals surface area contributed by atoms with Gasteiger partial charge in [-0.1, -0.05) is 6.42 Å². The van der Waals surface area contributed by atoms with Crippen LogP contribution >= 0.6 is 12.4 Å². The maximum absolute atomic E-state index is 11.6. The summed E-state index contributed by atoms with van der Waals surface area (Å²) < 4.78 is 0. The molecule has 134 valence electrons. The van der Waals surface area contributed by atoms with Crippen LogP contribution in [0.25, 0.3) is 0 Å².